The zero-order valence-electron chi connectivity index (χ0n) is 18.9. The van der Waals surface area contributed by atoms with Crippen molar-refractivity contribution in [2.75, 3.05) is 7.11 Å². The first-order chi connectivity index (χ1) is 15.3. The summed E-state index contributed by atoms with van der Waals surface area (Å²) < 4.78 is 5.21. The molecule has 2 aromatic carbocycles. The van der Waals surface area contributed by atoms with E-state index in [1.54, 1.807) is 13.4 Å². The minimum absolute atomic E-state index is 0.0579. The van der Waals surface area contributed by atoms with E-state index in [4.69, 9.17) is 27.9 Å². The third kappa shape index (κ3) is 5.05. The average Bonchev–Trinajstić information content (AvgIpc) is 2.77. The Hall–Kier alpha value is -2.23. The van der Waals surface area contributed by atoms with E-state index in [0.717, 1.165) is 17.5 Å². The van der Waals surface area contributed by atoms with Crippen molar-refractivity contribution in [2.24, 2.45) is 5.41 Å². The van der Waals surface area contributed by atoms with Crippen molar-refractivity contribution in [1.29, 1.82) is 0 Å². The van der Waals surface area contributed by atoms with Crippen LogP contribution in [0.2, 0.25) is 10.0 Å². The summed E-state index contributed by atoms with van der Waals surface area (Å²) in [7, 11) is 1.62. The van der Waals surface area contributed by atoms with E-state index in [1.165, 1.54) is 0 Å². The van der Waals surface area contributed by atoms with Gasteiger partial charge in [0.25, 0.3) is 0 Å². The summed E-state index contributed by atoms with van der Waals surface area (Å²) >= 11 is 12.6. The molecule has 3 rings (SSSR count). The van der Waals surface area contributed by atoms with E-state index < -0.39 is 5.41 Å². The van der Waals surface area contributed by atoms with Gasteiger partial charge in [-0.2, -0.15) is 0 Å². The lowest BCUT2D eigenvalue weighted by atomic mass is 9.67. The standard InChI is InChI=1S/C27H31Cl2NO2/c1-5-15-27(3)18-24(20-8-7-9-22(29)17-20)25(19-10-12-21(28)13-11-19)30(26(27)31)23(6-2)14-16-32-4/h5,7-14,16-17,23-25H,1,6,15,18H2,2-4H3/t23?,24-,25-,27+/m1/s1. The van der Waals surface area contributed by atoms with Gasteiger partial charge < -0.3 is 9.64 Å². The van der Waals surface area contributed by atoms with Crippen molar-refractivity contribution in [3.63, 3.8) is 0 Å². The summed E-state index contributed by atoms with van der Waals surface area (Å²) in [5.41, 5.74) is 1.61. The Bertz CT molecular complexity index is 972. The van der Waals surface area contributed by atoms with E-state index in [1.807, 2.05) is 66.4 Å². The highest BCUT2D eigenvalue weighted by Gasteiger charge is 2.50. The van der Waals surface area contributed by atoms with E-state index in [2.05, 4.69) is 19.6 Å². The van der Waals surface area contributed by atoms with E-state index in [-0.39, 0.29) is 23.9 Å². The largest absolute Gasteiger partial charge is 0.505 e. The van der Waals surface area contributed by atoms with Crippen LogP contribution in [0.5, 0.6) is 0 Å². The summed E-state index contributed by atoms with van der Waals surface area (Å²) in [6.07, 6.45) is 7.55. The topological polar surface area (TPSA) is 29.5 Å². The predicted molar refractivity (Wildman–Crippen MR) is 133 cm³/mol. The maximum absolute atomic E-state index is 14.0. The minimum atomic E-state index is -0.564. The van der Waals surface area contributed by atoms with Gasteiger partial charge in [-0.05, 0) is 60.7 Å². The van der Waals surface area contributed by atoms with Crippen molar-refractivity contribution >= 4 is 29.1 Å². The first kappa shape index (κ1) is 24.4. The molecule has 0 aliphatic carbocycles. The summed E-state index contributed by atoms with van der Waals surface area (Å²) in [4.78, 5) is 16.1. The third-order valence-corrected chi connectivity index (χ3v) is 6.88. The fraction of sp³-hybridized carbons (Fsp3) is 0.370. The second kappa shape index (κ2) is 10.6. The number of likely N-dealkylation sites (tertiary alicyclic amines) is 1. The lowest BCUT2D eigenvalue weighted by molar-refractivity contribution is -0.153. The lowest BCUT2D eigenvalue weighted by Gasteiger charge is -2.51. The highest BCUT2D eigenvalue weighted by molar-refractivity contribution is 6.30. The molecule has 170 valence electrons. The van der Waals surface area contributed by atoms with Crippen molar-refractivity contribution in [1.82, 2.24) is 4.90 Å². The molecule has 32 heavy (non-hydrogen) atoms. The molecule has 1 aliphatic rings. The monoisotopic (exact) mass is 471 g/mol. The smallest absolute Gasteiger partial charge is 0.229 e. The van der Waals surface area contributed by atoms with Crippen LogP contribution >= 0.6 is 23.2 Å². The van der Waals surface area contributed by atoms with Gasteiger partial charge in [0.2, 0.25) is 5.91 Å². The SMILES string of the molecule is C=CC[C@@]1(C)C[C@H](c2cccc(Cl)c2)[C@@H](c2ccc(Cl)cc2)N(C(C=COC)CC)C1=O. The molecule has 0 N–H and O–H groups in total. The van der Waals surface area contributed by atoms with Gasteiger partial charge in [-0.15, -0.1) is 6.58 Å². The molecule has 0 aromatic heterocycles. The Labute approximate surface area is 201 Å². The molecule has 5 heteroatoms. The number of methoxy groups -OCH3 is 1. The van der Waals surface area contributed by atoms with E-state index in [0.29, 0.717) is 22.9 Å². The zero-order valence-corrected chi connectivity index (χ0v) is 20.4. The van der Waals surface area contributed by atoms with Gasteiger partial charge in [-0.1, -0.05) is 67.4 Å². The van der Waals surface area contributed by atoms with Gasteiger partial charge in [0.1, 0.15) is 0 Å². The average molecular weight is 472 g/mol. The van der Waals surface area contributed by atoms with Gasteiger partial charge in [0, 0.05) is 16.0 Å². The summed E-state index contributed by atoms with van der Waals surface area (Å²) in [5.74, 6) is 0.186. The molecule has 4 atom stereocenters. The zero-order chi connectivity index (χ0) is 23.3. The number of rotatable bonds is 8. The van der Waals surface area contributed by atoms with Gasteiger partial charge >= 0.3 is 0 Å². The molecule has 1 amide bonds. The number of carbonyl (C=O) groups is 1. The number of halogens is 2. The van der Waals surface area contributed by atoms with Crippen LogP contribution in [0, 0.1) is 5.41 Å². The fourth-order valence-corrected chi connectivity index (χ4v) is 5.17. The second-order valence-corrected chi connectivity index (χ2v) is 9.54. The molecule has 3 nitrogen and oxygen atoms in total. The molecule has 1 heterocycles. The van der Waals surface area contributed by atoms with Crippen LogP contribution in [0.1, 0.15) is 56.2 Å². The third-order valence-electron chi connectivity index (χ3n) is 6.40. The maximum Gasteiger partial charge on any atom is 0.229 e. The van der Waals surface area contributed by atoms with Crippen LogP contribution in [0.25, 0.3) is 0 Å². The van der Waals surface area contributed by atoms with Crippen LogP contribution in [-0.2, 0) is 9.53 Å². The minimum Gasteiger partial charge on any atom is -0.505 e. The summed E-state index contributed by atoms with van der Waals surface area (Å²) in [5, 5.41) is 1.36. The molecule has 0 saturated carbocycles. The van der Waals surface area contributed by atoms with Gasteiger partial charge in [0.15, 0.2) is 0 Å². The Morgan fingerprint density at radius 2 is 1.91 bits per heavy atom. The quantitative estimate of drug-likeness (QED) is 0.293. The van der Waals surface area contributed by atoms with Crippen LogP contribution in [-0.4, -0.2) is 24.0 Å². The fourth-order valence-electron chi connectivity index (χ4n) is 4.85. The van der Waals surface area contributed by atoms with Crippen molar-refractivity contribution < 1.29 is 9.53 Å². The highest BCUT2D eigenvalue weighted by atomic mass is 35.5. The van der Waals surface area contributed by atoms with Crippen LogP contribution in [0.3, 0.4) is 0 Å². The first-order valence-corrected chi connectivity index (χ1v) is 11.7. The number of benzene rings is 2. The second-order valence-electron chi connectivity index (χ2n) is 8.67. The van der Waals surface area contributed by atoms with Gasteiger partial charge in [0.05, 0.1) is 30.9 Å². The predicted octanol–water partition coefficient (Wildman–Crippen LogP) is 7.57. The molecule has 1 unspecified atom stereocenters. The number of piperidine rings is 1. The van der Waals surface area contributed by atoms with Crippen LogP contribution in [0.4, 0.5) is 0 Å². The number of hydrogen-bond acceptors (Lipinski definition) is 2. The van der Waals surface area contributed by atoms with Crippen molar-refractivity contribution in [3.05, 3.63) is 94.7 Å². The molecule has 1 aliphatic heterocycles. The van der Waals surface area contributed by atoms with Crippen LogP contribution < -0.4 is 0 Å². The number of ether oxygens (including phenoxy) is 1. The number of carbonyl (C=O) groups excluding carboxylic acids is 1. The molecule has 1 saturated heterocycles. The normalized spacial score (nSPS) is 24.5. The Kier molecular flexibility index (Phi) is 8.08. The van der Waals surface area contributed by atoms with Crippen molar-refractivity contribution in [3.8, 4) is 0 Å². The molecular weight excluding hydrogens is 441 g/mol. The molecule has 0 radical (unpaired) electrons. The Morgan fingerprint density at radius 3 is 2.50 bits per heavy atom. The number of amides is 1. The van der Waals surface area contributed by atoms with E-state index in [9.17, 15) is 4.79 Å². The first-order valence-electron chi connectivity index (χ1n) is 11.0. The number of nitrogens with zero attached hydrogens (tertiary/aromatic N) is 1. The number of allylic oxidation sites excluding steroid dienone is 1. The molecular formula is C27H31Cl2NO2. The van der Waals surface area contributed by atoms with Gasteiger partial charge in [-0.25, -0.2) is 0 Å². The lowest BCUT2D eigenvalue weighted by Crippen LogP contribution is -2.55. The number of hydrogen-bond donors (Lipinski definition) is 0. The van der Waals surface area contributed by atoms with E-state index >= 15 is 0 Å². The molecule has 0 bridgehead atoms. The van der Waals surface area contributed by atoms with Crippen molar-refractivity contribution in [2.45, 2.75) is 51.1 Å². The maximum atomic E-state index is 14.0. The molecule has 2 aromatic rings. The Morgan fingerprint density at radius 1 is 1.19 bits per heavy atom. The molecule has 0 spiro atoms. The van der Waals surface area contributed by atoms with Crippen LogP contribution in [0.15, 0.2) is 73.5 Å². The molecule has 1 fully saturated rings. The highest BCUT2D eigenvalue weighted by Crippen LogP contribution is 2.52. The summed E-state index contributed by atoms with van der Waals surface area (Å²) in [6.45, 7) is 8.07. The summed E-state index contributed by atoms with van der Waals surface area (Å²) in [6, 6.07) is 15.5. The Balaban J connectivity index is 2.23. The van der Waals surface area contributed by atoms with Gasteiger partial charge in [-0.3, -0.25) is 4.79 Å².